The Bertz CT molecular complexity index is 1480. The van der Waals surface area contributed by atoms with Crippen LogP contribution in [-0.2, 0) is 17.9 Å². The molecule has 0 saturated carbocycles. The predicted molar refractivity (Wildman–Crippen MR) is 141 cm³/mol. The second kappa shape index (κ2) is 10.4. The fourth-order valence-corrected chi connectivity index (χ4v) is 4.38. The molecule has 0 saturated heterocycles. The highest BCUT2D eigenvalue weighted by atomic mass is 32.1. The van der Waals surface area contributed by atoms with Crippen LogP contribution in [-0.4, -0.2) is 33.7 Å². The maximum atomic E-state index is 13.6. The van der Waals surface area contributed by atoms with E-state index in [-0.39, 0.29) is 18.0 Å². The van der Waals surface area contributed by atoms with E-state index in [1.54, 1.807) is 40.5 Å². The number of aromatic amines is 1. The summed E-state index contributed by atoms with van der Waals surface area (Å²) in [6.45, 7) is 7.16. The van der Waals surface area contributed by atoms with Crippen molar-refractivity contribution in [2.75, 3.05) is 19.0 Å². The Morgan fingerprint density at radius 2 is 1.83 bits per heavy atom. The van der Waals surface area contributed by atoms with E-state index in [9.17, 15) is 9.59 Å². The first-order valence-electron chi connectivity index (χ1n) is 11.7. The van der Waals surface area contributed by atoms with Gasteiger partial charge in [-0.15, -0.1) is 0 Å². The van der Waals surface area contributed by atoms with Crippen molar-refractivity contribution in [3.8, 4) is 11.5 Å². The number of amides is 1. The van der Waals surface area contributed by atoms with Gasteiger partial charge in [-0.2, -0.15) is 0 Å². The number of ether oxygens (including phenoxy) is 2. The Balaban J connectivity index is 1.78. The summed E-state index contributed by atoms with van der Waals surface area (Å²) in [7, 11) is 1.59. The highest BCUT2D eigenvalue weighted by Gasteiger charge is 2.19. The molecule has 2 aromatic carbocycles. The summed E-state index contributed by atoms with van der Waals surface area (Å²) in [5.41, 5.74) is 2.19. The first-order chi connectivity index (χ1) is 16.8. The molecule has 0 atom stereocenters. The van der Waals surface area contributed by atoms with E-state index in [2.05, 4.69) is 24.1 Å². The van der Waals surface area contributed by atoms with Crippen LogP contribution in [0, 0.1) is 10.7 Å². The van der Waals surface area contributed by atoms with Gasteiger partial charge in [-0.25, -0.2) is 0 Å². The number of carbonyl (C=O) groups excluding carboxylic acids is 1. The number of carbonyl (C=O) groups is 1. The molecule has 9 heteroatoms. The standard InChI is InChI=1S/C26H30N4O4S/c1-5-34-18-8-6-17(7-9-18)27-22(31)15-30-21-11-10-19(33-4)14-20(21)23-24(30)25(32)29(26(35)28-23)13-12-16(2)3/h6-11,14,16H,5,12-13,15H2,1-4H3,(H,27,31)(H,28,35). The lowest BCUT2D eigenvalue weighted by Gasteiger charge is -2.11. The van der Waals surface area contributed by atoms with Gasteiger partial charge in [-0.3, -0.25) is 14.2 Å². The molecule has 1 amide bonds. The number of fused-ring (bicyclic) bond motifs is 3. The number of methoxy groups -OCH3 is 1. The molecule has 8 nitrogen and oxygen atoms in total. The lowest BCUT2D eigenvalue weighted by Crippen LogP contribution is -2.26. The van der Waals surface area contributed by atoms with Crippen molar-refractivity contribution >= 4 is 45.7 Å². The molecule has 0 aliphatic carbocycles. The zero-order valence-corrected chi connectivity index (χ0v) is 21.2. The van der Waals surface area contributed by atoms with Crippen molar-refractivity contribution in [1.29, 1.82) is 0 Å². The van der Waals surface area contributed by atoms with Gasteiger partial charge in [0, 0.05) is 17.6 Å². The summed E-state index contributed by atoms with van der Waals surface area (Å²) in [6, 6.07) is 12.7. The van der Waals surface area contributed by atoms with Gasteiger partial charge >= 0.3 is 0 Å². The third kappa shape index (κ3) is 5.09. The molecular weight excluding hydrogens is 464 g/mol. The summed E-state index contributed by atoms with van der Waals surface area (Å²) >= 11 is 5.53. The number of rotatable bonds is 9. The van der Waals surface area contributed by atoms with Crippen LogP contribution >= 0.6 is 12.2 Å². The number of hydrogen-bond acceptors (Lipinski definition) is 5. The van der Waals surface area contributed by atoms with E-state index in [4.69, 9.17) is 21.7 Å². The molecular formula is C26H30N4O4S. The Hall–Kier alpha value is -3.59. The highest BCUT2D eigenvalue weighted by Crippen LogP contribution is 2.29. The fourth-order valence-electron chi connectivity index (χ4n) is 4.10. The van der Waals surface area contributed by atoms with Crippen LogP contribution < -0.4 is 20.3 Å². The van der Waals surface area contributed by atoms with E-state index in [0.717, 1.165) is 23.1 Å². The molecule has 2 aromatic heterocycles. The maximum Gasteiger partial charge on any atom is 0.278 e. The van der Waals surface area contributed by atoms with Crippen LogP contribution in [0.15, 0.2) is 47.3 Å². The highest BCUT2D eigenvalue weighted by molar-refractivity contribution is 7.71. The average Bonchev–Trinajstić information content (AvgIpc) is 3.12. The molecule has 0 bridgehead atoms. The van der Waals surface area contributed by atoms with Crippen LogP contribution in [0.25, 0.3) is 21.9 Å². The summed E-state index contributed by atoms with van der Waals surface area (Å²) in [4.78, 5) is 29.9. The van der Waals surface area contributed by atoms with Crippen molar-refractivity contribution in [3.63, 3.8) is 0 Å². The third-order valence-corrected chi connectivity index (χ3v) is 6.20. The van der Waals surface area contributed by atoms with Crippen molar-refractivity contribution in [2.24, 2.45) is 5.92 Å². The summed E-state index contributed by atoms with van der Waals surface area (Å²) in [5.74, 6) is 1.55. The molecule has 0 unspecified atom stereocenters. The molecule has 0 spiro atoms. The van der Waals surface area contributed by atoms with Crippen molar-refractivity contribution in [2.45, 2.75) is 40.3 Å². The summed E-state index contributed by atoms with van der Waals surface area (Å²) in [6.07, 6.45) is 0.815. The normalized spacial score (nSPS) is 11.3. The van der Waals surface area contributed by atoms with Gasteiger partial charge in [0.1, 0.15) is 23.6 Å². The first-order valence-corrected chi connectivity index (χ1v) is 12.1. The number of nitrogens with zero attached hydrogens (tertiary/aromatic N) is 2. The SMILES string of the molecule is CCOc1ccc(NC(=O)Cn2c3ccc(OC)cc3c3[nH]c(=S)n(CCC(C)C)c(=O)c32)cc1. The van der Waals surface area contributed by atoms with E-state index < -0.39 is 0 Å². The van der Waals surface area contributed by atoms with E-state index in [1.807, 2.05) is 25.1 Å². The van der Waals surface area contributed by atoms with Gasteiger partial charge in [0.15, 0.2) is 4.77 Å². The van der Waals surface area contributed by atoms with Crippen LogP contribution in [0.4, 0.5) is 5.69 Å². The van der Waals surface area contributed by atoms with Gasteiger partial charge in [0.2, 0.25) is 5.91 Å². The van der Waals surface area contributed by atoms with Gasteiger partial charge < -0.3 is 24.3 Å². The van der Waals surface area contributed by atoms with Crippen LogP contribution in [0.2, 0.25) is 0 Å². The molecule has 0 aliphatic heterocycles. The number of benzene rings is 2. The number of hydrogen-bond donors (Lipinski definition) is 2. The Morgan fingerprint density at radius 3 is 2.49 bits per heavy atom. The molecule has 2 N–H and O–H groups in total. The minimum absolute atomic E-state index is 0.0381. The minimum atomic E-state index is -0.251. The van der Waals surface area contributed by atoms with Crippen molar-refractivity contribution in [3.05, 3.63) is 57.6 Å². The molecule has 0 radical (unpaired) electrons. The predicted octanol–water partition coefficient (Wildman–Crippen LogP) is 5.11. The van der Waals surface area contributed by atoms with Crippen molar-refractivity contribution < 1.29 is 14.3 Å². The molecule has 35 heavy (non-hydrogen) atoms. The number of anilines is 1. The third-order valence-electron chi connectivity index (χ3n) is 5.88. The lowest BCUT2D eigenvalue weighted by atomic mass is 10.1. The van der Waals surface area contributed by atoms with Crippen LogP contribution in [0.3, 0.4) is 0 Å². The number of H-pyrrole nitrogens is 1. The quantitative estimate of drug-likeness (QED) is 0.316. The topological polar surface area (TPSA) is 90.3 Å². The average molecular weight is 495 g/mol. The molecule has 2 heterocycles. The second-order valence-corrected chi connectivity index (χ2v) is 9.15. The number of aromatic nitrogens is 3. The van der Waals surface area contributed by atoms with Crippen LogP contribution in [0.5, 0.6) is 11.5 Å². The molecule has 4 rings (SSSR count). The van der Waals surface area contributed by atoms with E-state index in [0.29, 0.717) is 46.3 Å². The van der Waals surface area contributed by atoms with E-state index in [1.165, 1.54) is 0 Å². The zero-order chi connectivity index (χ0) is 25.1. The monoisotopic (exact) mass is 494 g/mol. The Morgan fingerprint density at radius 1 is 1.11 bits per heavy atom. The Kier molecular flexibility index (Phi) is 7.25. The Labute approximate surface area is 208 Å². The van der Waals surface area contributed by atoms with Crippen LogP contribution in [0.1, 0.15) is 27.2 Å². The summed E-state index contributed by atoms with van der Waals surface area (Å²) in [5, 5.41) is 3.68. The molecule has 184 valence electrons. The minimum Gasteiger partial charge on any atom is -0.497 e. The van der Waals surface area contributed by atoms with Crippen molar-refractivity contribution in [1.82, 2.24) is 14.1 Å². The molecule has 4 aromatic rings. The maximum absolute atomic E-state index is 13.6. The smallest absolute Gasteiger partial charge is 0.278 e. The zero-order valence-electron chi connectivity index (χ0n) is 20.4. The first kappa shape index (κ1) is 24.5. The second-order valence-electron chi connectivity index (χ2n) is 8.77. The lowest BCUT2D eigenvalue weighted by molar-refractivity contribution is -0.116. The van der Waals surface area contributed by atoms with E-state index >= 15 is 0 Å². The summed E-state index contributed by atoms with van der Waals surface area (Å²) < 4.78 is 14.5. The van der Waals surface area contributed by atoms with Gasteiger partial charge in [-0.1, -0.05) is 13.8 Å². The number of nitrogens with one attached hydrogen (secondary N) is 2. The van der Waals surface area contributed by atoms with Gasteiger partial charge in [0.05, 0.1) is 24.8 Å². The molecule has 0 aliphatic rings. The molecule has 0 fully saturated rings. The van der Waals surface area contributed by atoms with Gasteiger partial charge in [0.25, 0.3) is 5.56 Å². The fraction of sp³-hybridized carbons (Fsp3) is 0.346. The van der Waals surface area contributed by atoms with Gasteiger partial charge in [-0.05, 0) is 73.9 Å². The largest absolute Gasteiger partial charge is 0.497 e.